The van der Waals surface area contributed by atoms with Crippen LogP contribution >= 0.6 is 10.2 Å². The molecule has 2 aromatic heterocycles. The predicted molar refractivity (Wildman–Crippen MR) is 138 cm³/mol. The first-order chi connectivity index (χ1) is 17.6. The Balaban J connectivity index is 1.23. The molecule has 4 aromatic rings. The number of halogens is 5. The van der Waals surface area contributed by atoms with E-state index in [1.807, 2.05) is 0 Å². The van der Waals surface area contributed by atoms with Gasteiger partial charge in [-0.15, -0.1) is 0 Å². The van der Waals surface area contributed by atoms with Gasteiger partial charge in [-0.1, -0.05) is 31.6 Å². The molecule has 1 aliphatic carbocycles. The van der Waals surface area contributed by atoms with E-state index in [1.165, 1.54) is 6.20 Å². The second kappa shape index (κ2) is 8.34. The molecule has 2 N–H and O–H groups in total. The second-order valence-corrected chi connectivity index (χ2v) is 14.1. The van der Waals surface area contributed by atoms with E-state index in [9.17, 15) is 32.6 Å². The molecule has 0 aliphatic heterocycles. The Kier molecular flexibility index (Phi) is 5.77. The monoisotopic (exact) mass is 573 g/mol. The highest BCUT2D eigenvalue weighted by atomic mass is 32.5. The first kappa shape index (κ1) is 26.3. The third-order valence-corrected chi connectivity index (χ3v) is 10.3. The number of H-pyrrole nitrogens is 1. The van der Waals surface area contributed by atoms with Crippen molar-refractivity contribution in [3.63, 3.8) is 0 Å². The number of sulfone groups is 1. The third kappa shape index (κ3) is 5.30. The van der Waals surface area contributed by atoms with E-state index < -0.39 is 30.2 Å². The normalized spacial score (nSPS) is 20.6. The van der Waals surface area contributed by atoms with Crippen molar-refractivity contribution in [1.82, 2.24) is 9.38 Å². The van der Waals surface area contributed by atoms with Gasteiger partial charge in [0, 0.05) is 35.9 Å². The zero-order valence-corrected chi connectivity index (χ0v) is 21.4. The highest BCUT2D eigenvalue weighted by Gasteiger charge is 2.65. The van der Waals surface area contributed by atoms with Gasteiger partial charge in [0.05, 0.1) is 10.1 Å². The van der Waals surface area contributed by atoms with Gasteiger partial charge >= 0.3 is 10.2 Å². The molecule has 0 atom stereocenters. The summed E-state index contributed by atoms with van der Waals surface area (Å²) in [5.74, 6) is 0. The predicted octanol–water partition coefficient (Wildman–Crippen LogP) is 7.15. The number of rotatable bonds is 6. The van der Waals surface area contributed by atoms with Crippen molar-refractivity contribution in [3.8, 4) is 11.1 Å². The minimum absolute atomic E-state index is 0.186. The van der Waals surface area contributed by atoms with Crippen LogP contribution in [-0.4, -0.2) is 29.1 Å². The molecule has 0 spiro atoms. The molecule has 1 saturated carbocycles. The van der Waals surface area contributed by atoms with Crippen LogP contribution in [0.3, 0.4) is 0 Å². The summed E-state index contributed by atoms with van der Waals surface area (Å²) in [6, 6.07) is 10.6. The summed E-state index contributed by atoms with van der Waals surface area (Å²) in [7, 11) is -13.3. The number of fused-ring (bicyclic) bond motifs is 1. The average Bonchev–Trinajstić information content (AvgIpc) is 3.29. The van der Waals surface area contributed by atoms with Crippen molar-refractivity contribution in [1.29, 1.82) is 0 Å². The summed E-state index contributed by atoms with van der Waals surface area (Å²) < 4.78 is 92.7. The SMILES string of the molecule is O=c1[nH]ccn2cc(-c3ccc(S(=O)(=O)C4CCC(Nc5ccc(S(F)(F)(F)(F)F)cc5)CC4)cc3)cc12. The molecule has 13 heteroatoms. The van der Waals surface area contributed by atoms with Gasteiger partial charge in [0.25, 0.3) is 5.56 Å². The molecule has 0 bridgehead atoms. The quantitative estimate of drug-likeness (QED) is 0.240. The summed E-state index contributed by atoms with van der Waals surface area (Å²) >= 11 is 0. The molecule has 0 radical (unpaired) electrons. The molecule has 5 rings (SSSR count). The first-order valence-electron chi connectivity index (χ1n) is 11.7. The first-order valence-corrected chi connectivity index (χ1v) is 15.2. The van der Waals surface area contributed by atoms with Crippen LogP contribution in [0.2, 0.25) is 0 Å². The molecule has 0 saturated heterocycles. The number of hydrogen-bond donors (Lipinski definition) is 2. The Bertz CT molecular complexity index is 1660. The lowest BCUT2D eigenvalue weighted by molar-refractivity contribution is 0.364. The van der Waals surface area contributed by atoms with Crippen molar-refractivity contribution in [2.75, 3.05) is 5.32 Å². The number of aromatic nitrogens is 2. The molecular formula is C25H24F5N3O3S2. The molecule has 2 aromatic carbocycles. The molecule has 6 nitrogen and oxygen atoms in total. The summed E-state index contributed by atoms with van der Waals surface area (Å²) in [6.07, 6.45) is 6.63. The van der Waals surface area contributed by atoms with E-state index in [1.54, 1.807) is 47.1 Å². The van der Waals surface area contributed by atoms with Gasteiger partial charge in [-0.25, -0.2) is 8.42 Å². The zero-order chi connectivity index (χ0) is 27.4. The van der Waals surface area contributed by atoms with Crippen LogP contribution in [0, 0.1) is 0 Å². The van der Waals surface area contributed by atoms with Gasteiger partial charge in [0.15, 0.2) is 9.84 Å². The lowest BCUT2D eigenvalue weighted by Crippen LogP contribution is -2.32. The van der Waals surface area contributed by atoms with E-state index in [0.29, 0.717) is 43.3 Å². The lowest BCUT2D eigenvalue weighted by atomic mass is 9.95. The summed E-state index contributed by atoms with van der Waals surface area (Å²) in [5, 5.41) is 2.40. The fourth-order valence-corrected chi connectivity index (χ4v) is 7.24. The van der Waals surface area contributed by atoms with Gasteiger partial charge in [-0.05, 0) is 73.7 Å². The molecule has 1 aliphatic rings. The number of benzene rings is 2. The maximum absolute atomic E-state index is 13.2. The average molecular weight is 574 g/mol. The van der Waals surface area contributed by atoms with Crippen LogP contribution in [0.5, 0.6) is 0 Å². The van der Waals surface area contributed by atoms with E-state index in [0.717, 1.165) is 23.3 Å². The van der Waals surface area contributed by atoms with E-state index >= 15 is 0 Å². The highest BCUT2D eigenvalue weighted by Crippen LogP contribution is 3.02. The Morgan fingerprint density at radius 2 is 1.50 bits per heavy atom. The van der Waals surface area contributed by atoms with Crippen LogP contribution in [0.15, 0.2) is 87.8 Å². The van der Waals surface area contributed by atoms with E-state index in [4.69, 9.17) is 0 Å². The molecule has 1 fully saturated rings. The van der Waals surface area contributed by atoms with Crippen molar-refractivity contribution < 1.29 is 27.8 Å². The zero-order valence-electron chi connectivity index (χ0n) is 19.8. The Morgan fingerprint density at radius 3 is 2.08 bits per heavy atom. The molecule has 0 unspecified atom stereocenters. The van der Waals surface area contributed by atoms with Gasteiger partial charge in [0.2, 0.25) is 0 Å². The molecule has 0 amide bonds. The fraction of sp³-hybridized carbons (Fsp3) is 0.240. The highest BCUT2D eigenvalue weighted by molar-refractivity contribution is 8.45. The maximum Gasteiger partial charge on any atom is 0.310 e. The standard InChI is InChI=1S/C25H24F5N3O3S2/c26-38(27,28,29,30)23-11-5-20(6-12-23)32-19-3-9-22(10-4-19)37(35,36)21-7-1-17(2-8-21)18-15-24-25(34)31-13-14-33(24)16-18/h1-2,5-8,11-16,19,22,32H,3-4,9-10H2,(H,31,34). The largest absolute Gasteiger partial charge is 0.382 e. The Hall–Kier alpha value is -3.32. The van der Waals surface area contributed by atoms with E-state index in [-0.39, 0.29) is 22.2 Å². The number of aromatic amines is 1. The van der Waals surface area contributed by atoms with Crippen molar-refractivity contribution in [2.45, 2.75) is 46.8 Å². The van der Waals surface area contributed by atoms with Crippen LogP contribution < -0.4 is 10.9 Å². The number of hydrogen-bond acceptors (Lipinski definition) is 4. The molecule has 2 heterocycles. The van der Waals surface area contributed by atoms with Crippen LogP contribution in [0.25, 0.3) is 16.6 Å². The van der Waals surface area contributed by atoms with Crippen LogP contribution in [0.1, 0.15) is 25.7 Å². The number of anilines is 1. The van der Waals surface area contributed by atoms with Gasteiger partial charge in [-0.3, -0.25) is 4.79 Å². The van der Waals surface area contributed by atoms with Crippen LogP contribution in [-0.2, 0) is 9.84 Å². The minimum Gasteiger partial charge on any atom is -0.382 e. The second-order valence-electron chi connectivity index (χ2n) is 9.49. The number of nitrogens with zero attached hydrogens (tertiary/aromatic N) is 1. The minimum atomic E-state index is -9.72. The smallest absolute Gasteiger partial charge is 0.310 e. The number of nitrogens with one attached hydrogen (secondary N) is 2. The summed E-state index contributed by atoms with van der Waals surface area (Å²) in [4.78, 5) is 12.8. The Labute approximate surface area is 215 Å². The van der Waals surface area contributed by atoms with Gasteiger partial charge < -0.3 is 14.7 Å². The van der Waals surface area contributed by atoms with E-state index in [2.05, 4.69) is 10.3 Å². The molecular weight excluding hydrogens is 549 g/mol. The topological polar surface area (TPSA) is 83.4 Å². The van der Waals surface area contributed by atoms with Gasteiger partial charge in [0.1, 0.15) is 10.4 Å². The Morgan fingerprint density at radius 1 is 0.868 bits per heavy atom. The third-order valence-electron chi connectivity index (χ3n) is 6.83. The molecule has 38 heavy (non-hydrogen) atoms. The van der Waals surface area contributed by atoms with Crippen molar-refractivity contribution >= 4 is 31.3 Å². The van der Waals surface area contributed by atoms with Crippen LogP contribution in [0.4, 0.5) is 25.1 Å². The molecule has 204 valence electrons. The summed E-state index contributed by atoms with van der Waals surface area (Å²) in [6.45, 7) is 0. The van der Waals surface area contributed by atoms with Gasteiger partial charge in [-0.2, -0.15) is 0 Å². The van der Waals surface area contributed by atoms with Crippen molar-refractivity contribution in [3.05, 3.63) is 83.5 Å². The summed E-state index contributed by atoms with van der Waals surface area (Å²) in [5.41, 5.74) is 2.03. The fourth-order valence-electron chi connectivity index (χ4n) is 4.80. The van der Waals surface area contributed by atoms with Crippen molar-refractivity contribution in [2.24, 2.45) is 0 Å². The maximum atomic E-state index is 13.2. The lowest BCUT2D eigenvalue weighted by Gasteiger charge is -2.40.